The van der Waals surface area contributed by atoms with Gasteiger partial charge in [0.1, 0.15) is 5.54 Å². The predicted octanol–water partition coefficient (Wildman–Crippen LogP) is 0.443. The van der Waals surface area contributed by atoms with Crippen LogP contribution in [0.3, 0.4) is 0 Å². The number of imide groups is 1. The molecule has 2 N–H and O–H groups in total. The Balaban J connectivity index is 1.71. The van der Waals surface area contributed by atoms with Gasteiger partial charge in [-0.3, -0.25) is 9.69 Å². The number of sulfone groups is 1. The highest BCUT2D eigenvalue weighted by molar-refractivity contribution is 7.91. The van der Waals surface area contributed by atoms with Gasteiger partial charge in [0, 0.05) is 6.54 Å². The number of carbonyl (C=O) groups is 2. The minimum Gasteiger partial charge on any atom is -0.323 e. The van der Waals surface area contributed by atoms with Crippen LogP contribution in [0.2, 0.25) is 0 Å². The summed E-state index contributed by atoms with van der Waals surface area (Å²) in [7, 11) is -3.54. The van der Waals surface area contributed by atoms with Crippen LogP contribution in [-0.4, -0.2) is 56.2 Å². The zero-order chi connectivity index (χ0) is 17.4. The Hall–Kier alpha value is -1.93. The van der Waals surface area contributed by atoms with E-state index in [9.17, 15) is 18.0 Å². The summed E-state index contributed by atoms with van der Waals surface area (Å²) >= 11 is 0. The number of piperidine rings is 1. The Morgan fingerprint density at radius 2 is 1.75 bits per heavy atom. The molecule has 0 bridgehead atoms. The van der Waals surface area contributed by atoms with Crippen LogP contribution in [0.15, 0.2) is 29.2 Å². The van der Waals surface area contributed by atoms with Gasteiger partial charge in [-0.1, -0.05) is 17.7 Å². The first-order valence-electron chi connectivity index (χ1n) is 7.98. The van der Waals surface area contributed by atoms with Crippen LogP contribution in [0.5, 0.6) is 0 Å². The lowest BCUT2D eigenvalue weighted by atomic mass is 9.88. The second kappa shape index (κ2) is 6.18. The van der Waals surface area contributed by atoms with E-state index in [-0.39, 0.29) is 23.1 Å². The van der Waals surface area contributed by atoms with Crippen molar-refractivity contribution in [1.29, 1.82) is 0 Å². The number of hydrogen-bond acceptors (Lipinski definition) is 5. The number of carbonyl (C=O) groups excluding carboxylic acids is 2. The molecule has 24 heavy (non-hydrogen) atoms. The van der Waals surface area contributed by atoms with E-state index in [1.807, 2.05) is 6.92 Å². The highest BCUT2D eigenvalue weighted by Gasteiger charge is 2.51. The topological polar surface area (TPSA) is 95.6 Å². The number of nitrogens with zero attached hydrogens (tertiary/aromatic N) is 1. The molecule has 3 rings (SSSR count). The second-order valence-corrected chi connectivity index (χ2v) is 8.46. The molecule has 1 spiro atoms. The van der Waals surface area contributed by atoms with E-state index >= 15 is 0 Å². The molecule has 2 aliphatic heterocycles. The van der Waals surface area contributed by atoms with Crippen molar-refractivity contribution in [3.8, 4) is 0 Å². The molecule has 130 valence electrons. The summed E-state index contributed by atoms with van der Waals surface area (Å²) in [6.07, 6.45) is 1.05. The molecular weight excluding hydrogens is 330 g/mol. The van der Waals surface area contributed by atoms with Crippen molar-refractivity contribution in [2.75, 3.05) is 25.4 Å². The van der Waals surface area contributed by atoms with Gasteiger partial charge in [0.25, 0.3) is 5.91 Å². The fraction of sp³-hybridized carbons (Fsp3) is 0.500. The molecule has 2 saturated heterocycles. The number of urea groups is 1. The minimum absolute atomic E-state index is 0.129. The number of benzene rings is 1. The number of hydrogen-bond donors (Lipinski definition) is 2. The average Bonchev–Trinajstić information content (AvgIpc) is 2.77. The first-order valence-corrected chi connectivity index (χ1v) is 9.64. The summed E-state index contributed by atoms with van der Waals surface area (Å²) in [6.45, 7) is 3.06. The van der Waals surface area contributed by atoms with Crippen LogP contribution in [-0.2, 0) is 14.6 Å². The van der Waals surface area contributed by atoms with E-state index < -0.39 is 21.4 Å². The maximum absolute atomic E-state index is 12.6. The third kappa shape index (κ3) is 3.03. The van der Waals surface area contributed by atoms with Crippen LogP contribution in [0.4, 0.5) is 4.79 Å². The quantitative estimate of drug-likeness (QED) is 0.768. The smallest absolute Gasteiger partial charge is 0.323 e. The van der Waals surface area contributed by atoms with Gasteiger partial charge >= 0.3 is 6.03 Å². The van der Waals surface area contributed by atoms with Gasteiger partial charge in [-0.2, -0.15) is 0 Å². The van der Waals surface area contributed by atoms with Crippen molar-refractivity contribution in [2.24, 2.45) is 0 Å². The molecule has 2 heterocycles. The lowest BCUT2D eigenvalue weighted by molar-refractivity contribution is -0.132. The summed E-state index contributed by atoms with van der Waals surface area (Å²) < 4.78 is 24.8. The molecule has 0 atom stereocenters. The fourth-order valence-electron chi connectivity index (χ4n) is 3.15. The Bertz CT molecular complexity index is 752. The molecule has 2 aliphatic rings. The maximum Gasteiger partial charge on any atom is 0.325 e. The van der Waals surface area contributed by atoms with Crippen LogP contribution in [0.1, 0.15) is 18.4 Å². The molecule has 1 aromatic rings. The van der Waals surface area contributed by atoms with Crippen molar-refractivity contribution in [1.82, 2.24) is 15.5 Å². The molecule has 7 nitrogen and oxygen atoms in total. The molecule has 0 aromatic heterocycles. The Morgan fingerprint density at radius 3 is 2.38 bits per heavy atom. The van der Waals surface area contributed by atoms with Crippen LogP contribution in [0.25, 0.3) is 0 Å². The Labute approximate surface area is 141 Å². The summed E-state index contributed by atoms with van der Waals surface area (Å²) in [4.78, 5) is 26.0. The molecule has 3 amide bonds. The van der Waals surface area contributed by atoms with Gasteiger partial charge in [0.05, 0.1) is 10.6 Å². The molecule has 0 unspecified atom stereocenters. The van der Waals surface area contributed by atoms with Crippen LogP contribution in [0, 0.1) is 6.92 Å². The van der Waals surface area contributed by atoms with Crippen molar-refractivity contribution >= 4 is 21.8 Å². The second-order valence-electron chi connectivity index (χ2n) is 6.35. The maximum atomic E-state index is 12.6. The summed E-state index contributed by atoms with van der Waals surface area (Å²) in [5.74, 6) is -0.586. The molecule has 0 radical (unpaired) electrons. The molecule has 0 saturated carbocycles. The summed E-state index contributed by atoms with van der Waals surface area (Å²) in [6, 6.07) is 6.05. The molecule has 0 aliphatic carbocycles. The minimum atomic E-state index is -3.54. The third-order valence-corrected chi connectivity index (χ3v) is 6.38. The van der Waals surface area contributed by atoms with Crippen molar-refractivity contribution < 1.29 is 18.0 Å². The number of rotatable bonds is 4. The first-order chi connectivity index (χ1) is 11.3. The predicted molar refractivity (Wildman–Crippen MR) is 88.3 cm³/mol. The number of amides is 3. The lowest BCUT2D eigenvalue weighted by Crippen LogP contribution is -2.54. The summed E-state index contributed by atoms with van der Waals surface area (Å²) in [5, 5.41) is 5.91. The average molecular weight is 351 g/mol. The van der Waals surface area contributed by atoms with Crippen molar-refractivity contribution in [3.05, 3.63) is 29.8 Å². The normalized spacial score (nSPS) is 20.5. The molecular formula is C16H21N3O4S. The van der Waals surface area contributed by atoms with Gasteiger partial charge in [0.15, 0.2) is 9.84 Å². The monoisotopic (exact) mass is 351 g/mol. The van der Waals surface area contributed by atoms with E-state index in [2.05, 4.69) is 10.6 Å². The summed E-state index contributed by atoms with van der Waals surface area (Å²) in [5.41, 5.74) is 0.103. The van der Waals surface area contributed by atoms with Gasteiger partial charge in [-0.25, -0.2) is 13.2 Å². The van der Waals surface area contributed by atoms with Gasteiger partial charge < -0.3 is 10.6 Å². The van der Waals surface area contributed by atoms with E-state index in [0.29, 0.717) is 25.9 Å². The molecule has 8 heteroatoms. The van der Waals surface area contributed by atoms with E-state index in [1.165, 1.54) is 0 Å². The van der Waals surface area contributed by atoms with Crippen molar-refractivity contribution in [2.45, 2.75) is 30.2 Å². The van der Waals surface area contributed by atoms with Crippen LogP contribution < -0.4 is 10.6 Å². The van der Waals surface area contributed by atoms with Gasteiger partial charge in [0.2, 0.25) is 0 Å². The van der Waals surface area contributed by atoms with Gasteiger partial charge in [-0.15, -0.1) is 0 Å². The zero-order valence-corrected chi connectivity index (χ0v) is 14.4. The zero-order valence-electron chi connectivity index (χ0n) is 13.5. The fourth-order valence-corrected chi connectivity index (χ4v) is 4.36. The molecule has 2 fully saturated rings. The SMILES string of the molecule is Cc1ccc(S(=O)(=O)CCN2C(=O)NC3(CCNCC3)C2=O)cc1. The van der Waals surface area contributed by atoms with Gasteiger partial charge in [-0.05, 0) is 45.0 Å². The third-order valence-electron chi connectivity index (χ3n) is 4.67. The molecule has 1 aromatic carbocycles. The lowest BCUT2D eigenvalue weighted by Gasteiger charge is -2.31. The van der Waals surface area contributed by atoms with E-state index in [4.69, 9.17) is 0 Å². The first kappa shape index (κ1) is 16.9. The highest BCUT2D eigenvalue weighted by atomic mass is 32.2. The number of aryl methyl sites for hydroxylation is 1. The van der Waals surface area contributed by atoms with Crippen molar-refractivity contribution in [3.63, 3.8) is 0 Å². The number of nitrogens with one attached hydrogen (secondary N) is 2. The standard InChI is InChI=1S/C16H21N3O4S/c1-12-2-4-13(5-3-12)24(22,23)11-10-19-14(20)16(18-15(19)21)6-8-17-9-7-16/h2-5,17H,6-11H2,1H3,(H,18,21). The highest BCUT2D eigenvalue weighted by Crippen LogP contribution is 2.27. The Kier molecular flexibility index (Phi) is 4.35. The Morgan fingerprint density at radius 1 is 1.12 bits per heavy atom. The van der Waals surface area contributed by atoms with Crippen LogP contribution >= 0.6 is 0 Å². The van der Waals surface area contributed by atoms with E-state index in [0.717, 1.165) is 10.5 Å². The van der Waals surface area contributed by atoms with E-state index in [1.54, 1.807) is 24.3 Å². The largest absolute Gasteiger partial charge is 0.325 e.